The Balaban J connectivity index is 1.36. The average Bonchev–Trinajstić information content (AvgIpc) is 3.48. The highest BCUT2D eigenvalue weighted by atomic mass is 35.5. The number of hydrogen-bond donors (Lipinski definition) is 2. The maximum Gasteiger partial charge on any atom is 0.291 e. The van der Waals surface area contributed by atoms with E-state index in [0.29, 0.717) is 40.1 Å². The van der Waals surface area contributed by atoms with Crippen LogP contribution in [0.4, 0.5) is 11.4 Å². The van der Waals surface area contributed by atoms with E-state index < -0.39 is 5.91 Å². The fourth-order valence-electron chi connectivity index (χ4n) is 3.34. The number of aryl methyl sites for hydroxylation is 2. The Morgan fingerprint density at radius 2 is 1.79 bits per heavy atom. The molecular weight excluding hydrogens is 456 g/mol. The standard InChI is InChI=1S/C25H23ClN4O4/c1-3-30-21(11-12-27-30)24(31)28-18-5-4-6-19(14-18)29-25(32)23-10-8-20(34-23)15-33-22-9-7-17(26)13-16(22)2/h4-14H,3,15H2,1-2H3,(H,28,31)(H,29,32). The number of anilines is 2. The smallest absolute Gasteiger partial charge is 0.291 e. The van der Waals surface area contributed by atoms with Crippen molar-refractivity contribution in [3.8, 4) is 5.75 Å². The molecule has 0 aliphatic carbocycles. The Kier molecular flexibility index (Phi) is 6.98. The summed E-state index contributed by atoms with van der Waals surface area (Å²) in [6, 6.07) is 17.1. The largest absolute Gasteiger partial charge is 0.485 e. The molecule has 2 N–H and O–H groups in total. The minimum absolute atomic E-state index is 0.146. The van der Waals surface area contributed by atoms with Crippen molar-refractivity contribution in [2.24, 2.45) is 0 Å². The second-order valence-electron chi connectivity index (χ2n) is 7.49. The van der Waals surface area contributed by atoms with Gasteiger partial charge in [-0.05, 0) is 74.0 Å². The molecule has 0 aliphatic rings. The molecule has 9 heteroatoms. The summed E-state index contributed by atoms with van der Waals surface area (Å²) in [4.78, 5) is 25.2. The van der Waals surface area contributed by atoms with Crippen LogP contribution in [-0.4, -0.2) is 21.6 Å². The summed E-state index contributed by atoms with van der Waals surface area (Å²) in [7, 11) is 0. The van der Waals surface area contributed by atoms with Gasteiger partial charge in [0.15, 0.2) is 5.76 Å². The molecule has 8 nitrogen and oxygen atoms in total. The van der Waals surface area contributed by atoms with E-state index in [0.717, 1.165) is 5.56 Å². The molecule has 4 aromatic rings. The van der Waals surface area contributed by atoms with Crippen LogP contribution in [0.2, 0.25) is 5.02 Å². The maximum atomic E-state index is 12.6. The molecule has 0 fully saturated rings. The number of carbonyl (C=O) groups is 2. The molecule has 2 aromatic heterocycles. The van der Waals surface area contributed by atoms with Crippen LogP contribution in [0.5, 0.6) is 5.75 Å². The molecule has 0 bridgehead atoms. The van der Waals surface area contributed by atoms with E-state index in [4.69, 9.17) is 20.8 Å². The van der Waals surface area contributed by atoms with Gasteiger partial charge in [-0.25, -0.2) is 0 Å². The lowest BCUT2D eigenvalue weighted by Crippen LogP contribution is -2.17. The summed E-state index contributed by atoms with van der Waals surface area (Å²) >= 11 is 5.97. The van der Waals surface area contributed by atoms with Crippen LogP contribution in [0.15, 0.2) is 71.3 Å². The molecule has 4 rings (SSSR count). The van der Waals surface area contributed by atoms with Gasteiger partial charge in [-0.3, -0.25) is 14.3 Å². The van der Waals surface area contributed by atoms with E-state index in [1.807, 2.05) is 19.9 Å². The Morgan fingerprint density at radius 1 is 1.03 bits per heavy atom. The van der Waals surface area contributed by atoms with E-state index in [2.05, 4.69) is 15.7 Å². The number of aromatic nitrogens is 2. The zero-order valence-corrected chi connectivity index (χ0v) is 19.4. The van der Waals surface area contributed by atoms with E-state index in [1.165, 1.54) is 0 Å². The van der Waals surface area contributed by atoms with E-state index in [-0.39, 0.29) is 18.3 Å². The van der Waals surface area contributed by atoms with Gasteiger partial charge in [-0.2, -0.15) is 5.10 Å². The Morgan fingerprint density at radius 3 is 2.53 bits per heavy atom. The highest BCUT2D eigenvalue weighted by molar-refractivity contribution is 6.30. The summed E-state index contributed by atoms with van der Waals surface area (Å²) in [6.07, 6.45) is 1.58. The molecule has 34 heavy (non-hydrogen) atoms. The second-order valence-corrected chi connectivity index (χ2v) is 7.92. The zero-order valence-electron chi connectivity index (χ0n) is 18.7. The van der Waals surface area contributed by atoms with Crippen LogP contribution in [-0.2, 0) is 13.2 Å². The topological polar surface area (TPSA) is 98.4 Å². The van der Waals surface area contributed by atoms with Gasteiger partial charge in [0.25, 0.3) is 11.8 Å². The van der Waals surface area contributed by atoms with Crippen molar-refractivity contribution in [3.63, 3.8) is 0 Å². The number of carbonyl (C=O) groups excluding carboxylic acids is 2. The Labute approximate surface area is 201 Å². The molecule has 2 amide bonds. The zero-order chi connectivity index (χ0) is 24.1. The van der Waals surface area contributed by atoms with Gasteiger partial charge in [0.2, 0.25) is 0 Å². The first kappa shape index (κ1) is 23.1. The highest BCUT2D eigenvalue weighted by Crippen LogP contribution is 2.23. The maximum absolute atomic E-state index is 12.6. The second kappa shape index (κ2) is 10.3. The number of nitrogens with one attached hydrogen (secondary N) is 2. The molecule has 0 saturated heterocycles. The SMILES string of the molecule is CCn1nccc1C(=O)Nc1cccc(NC(=O)c2ccc(COc3ccc(Cl)cc3C)o2)c1. The first-order valence-corrected chi connectivity index (χ1v) is 11.0. The average molecular weight is 479 g/mol. The van der Waals surface area contributed by atoms with E-state index in [1.54, 1.807) is 65.5 Å². The van der Waals surface area contributed by atoms with Crippen molar-refractivity contribution in [1.29, 1.82) is 0 Å². The summed E-state index contributed by atoms with van der Waals surface area (Å²) in [6.45, 7) is 4.56. The van der Waals surface area contributed by atoms with Crippen molar-refractivity contribution < 1.29 is 18.7 Å². The third kappa shape index (κ3) is 5.47. The molecule has 0 spiro atoms. The van der Waals surface area contributed by atoms with Crippen LogP contribution in [0.3, 0.4) is 0 Å². The fraction of sp³-hybridized carbons (Fsp3) is 0.160. The molecule has 2 heterocycles. The first-order valence-electron chi connectivity index (χ1n) is 10.6. The van der Waals surface area contributed by atoms with Gasteiger partial charge in [-0.1, -0.05) is 17.7 Å². The number of halogens is 1. The summed E-state index contributed by atoms with van der Waals surface area (Å²) in [5.41, 5.74) is 2.41. The normalized spacial score (nSPS) is 10.7. The Hall–Kier alpha value is -4.04. The number of rotatable bonds is 8. The summed E-state index contributed by atoms with van der Waals surface area (Å²) < 4.78 is 13.0. The summed E-state index contributed by atoms with van der Waals surface area (Å²) in [5.74, 6) is 0.643. The molecular formula is C25H23ClN4O4. The quantitative estimate of drug-likeness (QED) is 0.346. The number of furan rings is 1. The van der Waals surface area contributed by atoms with Gasteiger partial charge in [-0.15, -0.1) is 0 Å². The Bertz CT molecular complexity index is 1330. The molecule has 0 atom stereocenters. The number of hydrogen-bond acceptors (Lipinski definition) is 5. The number of amides is 2. The number of ether oxygens (including phenoxy) is 1. The van der Waals surface area contributed by atoms with Crippen LogP contribution < -0.4 is 15.4 Å². The minimum Gasteiger partial charge on any atom is -0.485 e. The van der Waals surface area contributed by atoms with Crippen molar-refractivity contribution in [1.82, 2.24) is 9.78 Å². The fourth-order valence-corrected chi connectivity index (χ4v) is 3.57. The van der Waals surface area contributed by atoms with Gasteiger partial charge in [0.05, 0.1) is 0 Å². The lowest BCUT2D eigenvalue weighted by Gasteiger charge is -2.09. The summed E-state index contributed by atoms with van der Waals surface area (Å²) in [5, 5.41) is 10.3. The monoisotopic (exact) mass is 478 g/mol. The predicted molar refractivity (Wildman–Crippen MR) is 129 cm³/mol. The molecule has 0 radical (unpaired) electrons. The van der Waals surface area contributed by atoms with Gasteiger partial charge in [0, 0.05) is 29.1 Å². The van der Waals surface area contributed by atoms with Crippen LogP contribution in [0, 0.1) is 6.92 Å². The van der Waals surface area contributed by atoms with E-state index in [9.17, 15) is 9.59 Å². The lowest BCUT2D eigenvalue weighted by atomic mass is 10.2. The van der Waals surface area contributed by atoms with Crippen molar-refractivity contribution in [2.75, 3.05) is 10.6 Å². The number of benzene rings is 2. The highest BCUT2D eigenvalue weighted by Gasteiger charge is 2.14. The van der Waals surface area contributed by atoms with Gasteiger partial charge in [0.1, 0.15) is 23.8 Å². The third-order valence-corrected chi connectivity index (χ3v) is 5.25. The van der Waals surface area contributed by atoms with E-state index >= 15 is 0 Å². The third-order valence-electron chi connectivity index (χ3n) is 5.02. The van der Waals surface area contributed by atoms with Gasteiger partial charge >= 0.3 is 0 Å². The number of nitrogens with zero attached hydrogens (tertiary/aromatic N) is 2. The van der Waals surface area contributed by atoms with Crippen LogP contribution in [0.1, 0.15) is 39.3 Å². The molecule has 2 aromatic carbocycles. The van der Waals surface area contributed by atoms with Crippen molar-refractivity contribution in [2.45, 2.75) is 27.0 Å². The molecule has 0 unspecified atom stereocenters. The first-order chi connectivity index (χ1) is 16.4. The predicted octanol–water partition coefficient (Wildman–Crippen LogP) is 5.54. The van der Waals surface area contributed by atoms with Gasteiger partial charge < -0.3 is 19.8 Å². The van der Waals surface area contributed by atoms with Crippen LogP contribution >= 0.6 is 11.6 Å². The molecule has 0 saturated carbocycles. The molecule has 174 valence electrons. The lowest BCUT2D eigenvalue weighted by molar-refractivity contribution is 0.0990. The van der Waals surface area contributed by atoms with Crippen molar-refractivity contribution in [3.05, 3.63) is 94.7 Å². The minimum atomic E-state index is -0.415. The molecule has 0 aliphatic heterocycles. The van der Waals surface area contributed by atoms with Crippen molar-refractivity contribution >= 4 is 34.8 Å². The van der Waals surface area contributed by atoms with Crippen LogP contribution in [0.25, 0.3) is 0 Å².